The molecule has 3 aromatic heterocycles. The van der Waals surface area contributed by atoms with E-state index in [-0.39, 0.29) is 0 Å². The topological polar surface area (TPSA) is 14.8 Å². The third-order valence-electron chi connectivity index (χ3n) is 9.35. The quantitative estimate of drug-likeness (QED) is 0.199. The molecule has 0 aliphatic rings. The fourth-order valence-corrected chi connectivity index (χ4v) is 7.54. The van der Waals surface area contributed by atoms with Crippen molar-refractivity contribution < 1.29 is 1.37 Å². The van der Waals surface area contributed by atoms with Gasteiger partial charge in [-0.3, -0.25) is 0 Å². The highest BCUT2D eigenvalue weighted by Gasteiger charge is 2.21. The normalized spacial score (nSPS) is 12.3. The molecular formula is C42H27N3. The summed E-state index contributed by atoms with van der Waals surface area (Å²) in [5.41, 5.74) is 10.2. The molecule has 0 atom stereocenters. The Balaban J connectivity index is 1.33. The SMILES string of the molecule is [2H]c1ccc2c(c1)c1c(ccc3c4ccccc4n(-c4ccccc4)c31)n2-c1cccc(-n2c3ccccc3c3ccccc32)c1. The predicted octanol–water partition coefficient (Wildman–Crippen LogP) is 11.0. The van der Waals surface area contributed by atoms with E-state index in [2.05, 4.69) is 159 Å². The minimum atomic E-state index is 0.505. The van der Waals surface area contributed by atoms with Crippen molar-refractivity contribution in [3.63, 3.8) is 0 Å². The lowest BCUT2D eigenvalue weighted by Gasteiger charge is -2.13. The number of para-hydroxylation sites is 5. The van der Waals surface area contributed by atoms with E-state index in [1.54, 1.807) is 0 Å². The molecule has 3 heterocycles. The van der Waals surface area contributed by atoms with Gasteiger partial charge in [0, 0.05) is 49.4 Å². The summed E-state index contributed by atoms with van der Waals surface area (Å²) in [4.78, 5) is 0. The van der Waals surface area contributed by atoms with Gasteiger partial charge in [0.25, 0.3) is 0 Å². The van der Waals surface area contributed by atoms with Gasteiger partial charge in [0.15, 0.2) is 0 Å². The zero-order chi connectivity index (χ0) is 30.4. The summed E-state index contributed by atoms with van der Waals surface area (Å²) in [5, 5.41) is 7.16. The van der Waals surface area contributed by atoms with E-state index in [0.717, 1.165) is 44.4 Å². The van der Waals surface area contributed by atoms with E-state index in [9.17, 15) is 0 Å². The largest absolute Gasteiger partial charge is 0.309 e. The predicted molar refractivity (Wildman–Crippen MR) is 189 cm³/mol. The van der Waals surface area contributed by atoms with Crippen LogP contribution < -0.4 is 0 Å². The fourth-order valence-electron chi connectivity index (χ4n) is 7.54. The molecule has 7 aromatic carbocycles. The number of aromatic nitrogens is 3. The first kappa shape index (κ1) is 23.4. The highest BCUT2D eigenvalue weighted by atomic mass is 15.0. The summed E-state index contributed by atoms with van der Waals surface area (Å²) < 4.78 is 15.8. The Labute approximate surface area is 260 Å². The van der Waals surface area contributed by atoms with Crippen LogP contribution in [0.5, 0.6) is 0 Å². The van der Waals surface area contributed by atoms with E-state index < -0.39 is 0 Å². The third kappa shape index (κ3) is 3.35. The molecule has 0 N–H and O–H groups in total. The van der Waals surface area contributed by atoms with Crippen molar-refractivity contribution in [2.75, 3.05) is 0 Å². The molecule has 0 bridgehead atoms. The Morgan fingerprint density at radius 3 is 1.53 bits per heavy atom. The molecule has 0 radical (unpaired) electrons. The first-order chi connectivity index (χ1) is 22.8. The molecule has 0 unspecified atom stereocenters. The summed E-state index contributed by atoms with van der Waals surface area (Å²) in [6, 6.07) is 56.5. The van der Waals surface area contributed by atoms with Crippen LogP contribution in [0.3, 0.4) is 0 Å². The molecule has 0 aliphatic heterocycles. The summed E-state index contributed by atoms with van der Waals surface area (Å²) in [5.74, 6) is 0. The number of rotatable bonds is 3. The molecule has 0 saturated carbocycles. The number of benzene rings is 7. The lowest BCUT2D eigenvalue weighted by atomic mass is 10.1. The summed E-state index contributed by atoms with van der Waals surface area (Å²) in [7, 11) is 0. The smallest absolute Gasteiger partial charge is 0.0641 e. The van der Waals surface area contributed by atoms with E-state index in [4.69, 9.17) is 1.37 Å². The molecule has 10 aromatic rings. The number of hydrogen-bond acceptors (Lipinski definition) is 0. The van der Waals surface area contributed by atoms with Crippen molar-refractivity contribution >= 4 is 65.4 Å². The molecule has 45 heavy (non-hydrogen) atoms. The molecule has 0 amide bonds. The summed E-state index contributed by atoms with van der Waals surface area (Å²) in [6.45, 7) is 0. The number of hydrogen-bond donors (Lipinski definition) is 0. The van der Waals surface area contributed by atoms with Crippen LogP contribution in [-0.2, 0) is 0 Å². The highest BCUT2D eigenvalue weighted by Crippen LogP contribution is 2.42. The Kier molecular flexibility index (Phi) is 4.79. The third-order valence-corrected chi connectivity index (χ3v) is 9.35. The Morgan fingerprint density at radius 2 is 0.844 bits per heavy atom. The average molecular weight is 575 g/mol. The van der Waals surface area contributed by atoms with Crippen molar-refractivity contribution in [2.45, 2.75) is 0 Å². The van der Waals surface area contributed by atoms with Crippen LogP contribution in [-0.4, -0.2) is 13.7 Å². The Morgan fingerprint density at radius 1 is 0.333 bits per heavy atom. The molecule has 3 nitrogen and oxygen atoms in total. The minimum Gasteiger partial charge on any atom is -0.309 e. The van der Waals surface area contributed by atoms with Crippen LogP contribution in [0.4, 0.5) is 0 Å². The molecule has 3 heteroatoms. The van der Waals surface area contributed by atoms with E-state index in [1.807, 2.05) is 12.1 Å². The lowest BCUT2D eigenvalue weighted by molar-refractivity contribution is 1.13. The maximum atomic E-state index is 8.66. The summed E-state index contributed by atoms with van der Waals surface area (Å²) >= 11 is 0. The van der Waals surface area contributed by atoms with Crippen molar-refractivity contribution in [3.05, 3.63) is 164 Å². The van der Waals surface area contributed by atoms with Crippen LogP contribution in [0.15, 0.2) is 164 Å². The van der Waals surface area contributed by atoms with Gasteiger partial charge in [-0.25, -0.2) is 0 Å². The Hall–Kier alpha value is -6.06. The van der Waals surface area contributed by atoms with Gasteiger partial charge in [-0.1, -0.05) is 103 Å². The van der Waals surface area contributed by atoms with Crippen molar-refractivity contribution in [2.24, 2.45) is 0 Å². The maximum Gasteiger partial charge on any atom is 0.0641 e. The highest BCUT2D eigenvalue weighted by molar-refractivity contribution is 6.26. The average Bonchev–Trinajstić information content (AvgIpc) is 3.74. The van der Waals surface area contributed by atoms with Gasteiger partial charge in [-0.15, -0.1) is 0 Å². The zero-order valence-corrected chi connectivity index (χ0v) is 24.4. The Bertz CT molecular complexity index is 2760. The molecule has 0 spiro atoms. The summed E-state index contributed by atoms with van der Waals surface area (Å²) in [6.07, 6.45) is 0. The molecule has 10 rings (SSSR count). The van der Waals surface area contributed by atoms with Gasteiger partial charge in [-0.2, -0.15) is 0 Å². The van der Waals surface area contributed by atoms with E-state index in [1.165, 1.54) is 38.1 Å². The van der Waals surface area contributed by atoms with Gasteiger partial charge in [0.05, 0.1) is 34.5 Å². The van der Waals surface area contributed by atoms with Crippen LogP contribution in [0.2, 0.25) is 0 Å². The molecule has 210 valence electrons. The lowest BCUT2D eigenvalue weighted by Crippen LogP contribution is -1.98. The standard InChI is InChI=1S/C42H27N3/c1-2-13-28(14-3-1)45-38-23-10-6-19-33(38)34-25-26-40-41(42(34)45)35-20-7-11-24-39(35)44(40)30-16-12-15-29(27-30)43-36-21-8-4-17-31(36)32-18-5-9-22-37(32)43/h1-27H/i7D. The van der Waals surface area contributed by atoms with Crippen LogP contribution in [0.25, 0.3) is 82.5 Å². The van der Waals surface area contributed by atoms with E-state index in [0.29, 0.717) is 6.04 Å². The van der Waals surface area contributed by atoms with Gasteiger partial charge in [0.1, 0.15) is 0 Å². The van der Waals surface area contributed by atoms with Gasteiger partial charge >= 0.3 is 0 Å². The van der Waals surface area contributed by atoms with Crippen molar-refractivity contribution in [1.82, 2.24) is 13.7 Å². The van der Waals surface area contributed by atoms with Crippen LogP contribution >= 0.6 is 0 Å². The van der Waals surface area contributed by atoms with E-state index >= 15 is 0 Å². The molecule has 0 saturated heterocycles. The second kappa shape index (κ2) is 9.22. The number of fused-ring (bicyclic) bond motifs is 10. The molecule has 0 fully saturated rings. The van der Waals surface area contributed by atoms with Crippen molar-refractivity contribution in [3.8, 4) is 17.1 Å². The maximum absolute atomic E-state index is 8.66. The van der Waals surface area contributed by atoms with Crippen molar-refractivity contribution in [1.29, 1.82) is 0 Å². The fraction of sp³-hybridized carbons (Fsp3) is 0. The first-order valence-electron chi connectivity index (χ1n) is 15.9. The van der Waals surface area contributed by atoms with Gasteiger partial charge in [0.2, 0.25) is 0 Å². The molecular weight excluding hydrogens is 546 g/mol. The monoisotopic (exact) mass is 574 g/mol. The zero-order valence-electron chi connectivity index (χ0n) is 25.4. The van der Waals surface area contributed by atoms with Crippen LogP contribution in [0.1, 0.15) is 1.37 Å². The number of nitrogens with zero attached hydrogens (tertiary/aromatic N) is 3. The minimum absolute atomic E-state index is 0.505. The van der Waals surface area contributed by atoms with Gasteiger partial charge in [-0.05, 0) is 60.7 Å². The van der Waals surface area contributed by atoms with Gasteiger partial charge < -0.3 is 13.7 Å². The first-order valence-corrected chi connectivity index (χ1v) is 15.4. The second-order valence-electron chi connectivity index (χ2n) is 11.7. The molecule has 0 aliphatic carbocycles. The second-order valence-corrected chi connectivity index (χ2v) is 11.7. The van der Waals surface area contributed by atoms with Crippen LogP contribution in [0, 0.1) is 0 Å².